The molecule has 0 aliphatic heterocycles. The maximum absolute atomic E-state index is 10.8. The normalized spacial score (nSPS) is 29.4. The van der Waals surface area contributed by atoms with Crippen molar-refractivity contribution in [3.05, 3.63) is 0 Å². The van der Waals surface area contributed by atoms with Crippen LogP contribution in [0.2, 0.25) is 0 Å². The third-order valence-electron chi connectivity index (χ3n) is 2.60. The second-order valence-corrected chi connectivity index (χ2v) is 6.93. The zero-order valence-electron chi connectivity index (χ0n) is 8.00. The lowest BCUT2D eigenvalue weighted by Gasteiger charge is -2.07. The summed E-state index contributed by atoms with van der Waals surface area (Å²) in [4.78, 5) is 0. The summed E-state index contributed by atoms with van der Waals surface area (Å²) >= 11 is 5.96. The van der Waals surface area contributed by atoms with Crippen molar-refractivity contribution < 1.29 is 8.42 Å². The molecule has 0 saturated heterocycles. The minimum atomic E-state index is -2.76. The van der Waals surface area contributed by atoms with E-state index in [2.05, 4.69) is 0 Å². The van der Waals surface area contributed by atoms with Crippen molar-refractivity contribution in [2.45, 2.75) is 37.5 Å². The lowest BCUT2D eigenvalue weighted by molar-refractivity contribution is 0.495. The van der Waals surface area contributed by atoms with Gasteiger partial charge in [0.25, 0.3) is 0 Å². The molecular formula is C9H17ClO2S. The summed E-state index contributed by atoms with van der Waals surface area (Å²) in [5.74, 6) is 1.00. The molecule has 1 fully saturated rings. The molecule has 1 rings (SSSR count). The first kappa shape index (κ1) is 11.3. The summed E-state index contributed by atoms with van der Waals surface area (Å²) in [5, 5.41) is 0.336. The third kappa shape index (κ3) is 4.87. The molecule has 0 aromatic heterocycles. The van der Waals surface area contributed by atoms with Gasteiger partial charge in [0.1, 0.15) is 9.84 Å². The van der Waals surface area contributed by atoms with Gasteiger partial charge < -0.3 is 0 Å². The molecule has 0 radical (unpaired) electrons. The van der Waals surface area contributed by atoms with Gasteiger partial charge in [0.2, 0.25) is 0 Å². The molecular weight excluding hydrogens is 208 g/mol. The quantitative estimate of drug-likeness (QED) is 0.687. The van der Waals surface area contributed by atoms with E-state index in [1.165, 1.54) is 12.7 Å². The molecule has 0 spiro atoms. The number of alkyl halides is 1. The van der Waals surface area contributed by atoms with E-state index in [-0.39, 0.29) is 0 Å². The zero-order valence-corrected chi connectivity index (χ0v) is 9.57. The van der Waals surface area contributed by atoms with E-state index in [1.54, 1.807) is 0 Å². The van der Waals surface area contributed by atoms with E-state index >= 15 is 0 Å². The van der Waals surface area contributed by atoms with Gasteiger partial charge in [0.15, 0.2) is 0 Å². The Hall–Kier alpha value is 0.240. The van der Waals surface area contributed by atoms with Crippen molar-refractivity contribution in [2.24, 2.45) is 5.92 Å². The van der Waals surface area contributed by atoms with E-state index in [9.17, 15) is 8.42 Å². The summed E-state index contributed by atoms with van der Waals surface area (Å²) in [7, 11) is -2.76. The standard InChI is InChI=1S/C9H17ClO2S/c1-13(11,12)6-2-3-8-4-5-9(10)7-8/h8-9H,2-7H2,1H3. The molecule has 0 aromatic carbocycles. The van der Waals surface area contributed by atoms with Crippen molar-refractivity contribution in [1.29, 1.82) is 0 Å². The van der Waals surface area contributed by atoms with Crippen LogP contribution in [0.5, 0.6) is 0 Å². The van der Waals surface area contributed by atoms with Crippen molar-refractivity contribution in [2.75, 3.05) is 12.0 Å². The van der Waals surface area contributed by atoms with Gasteiger partial charge in [-0.1, -0.05) is 0 Å². The van der Waals surface area contributed by atoms with Crippen LogP contribution in [0, 0.1) is 5.92 Å². The first-order chi connectivity index (χ1) is 5.97. The van der Waals surface area contributed by atoms with Gasteiger partial charge in [0, 0.05) is 17.4 Å². The summed E-state index contributed by atoms with van der Waals surface area (Å²) in [6.07, 6.45) is 6.48. The Morgan fingerprint density at radius 1 is 1.38 bits per heavy atom. The van der Waals surface area contributed by atoms with Crippen molar-refractivity contribution in [3.8, 4) is 0 Å². The van der Waals surface area contributed by atoms with Gasteiger partial charge in [-0.3, -0.25) is 0 Å². The molecule has 4 heteroatoms. The molecule has 0 amide bonds. The Morgan fingerprint density at radius 2 is 2.08 bits per heavy atom. The van der Waals surface area contributed by atoms with Crippen molar-refractivity contribution in [3.63, 3.8) is 0 Å². The van der Waals surface area contributed by atoms with E-state index < -0.39 is 9.84 Å². The lowest BCUT2D eigenvalue weighted by Crippen LogP contribution is -2.05. The average molecular weight is 225 g/mol. The molecule has 13 heavy (non-hydrogen) atoms. The largest absolute Gasteiger partial charge is 0.229 e. The minimum absolute atomic E-state index is 0.330. The highest BCUT2D eigenvalue weighted by Crippen LogP contribution is 2.32. The number of halogens is 1. The van der Waals surface area contributed by atoms with Crippen LogP contribution in [-0.4, -0.2) is 25.8 Å². The summed E-state index contributed by atoms with van der Waals surface area (Å²) < 4.78 is 21.7. The molecule has 2 atom stereocenters. The molecule has 2 unspecified atom stereocenters. The van der Waals surface area contributed by atoms with Crippen LogP contribution in [0.1, 0.15) is 32.1 Å². The molecule has 0 N–H and O–H groups in total. The Balaban J connectivity index is 2.14. The minimum Gasteiger partial charge on any atom is -0.229 e. The van der Waals surface area contributed by atoms with Crippen LogP contribution in [0.4, 0.5) is 0 Å². The molecule has 2 nitrogen and oxygen atoms in total. The lowest BCUT2D eigenvalue weighted by atomic mass is 10.0. The van der Waals surface area contributed by atoms with Gasteiger partial charge in [0.05, 0.1) is 0 Å². The summed E-state index contributed by atoms with van der Waals surface area (Å²) in [6.45, 7) is 0. The van der Waals surface area contributed by atoms with E-state index in [0.29, 0.717) is 17.0 Å². The van der Waals surface area contributed by atoms with Gasteiger partial charge in [-0.05, 0) is 38.0 Å². The fraction of sp³-hybridized carbons (Fsp3) is 1.00. The monoisotopic (exact) mass is 224 g/mol. The Kier molecular flexibility index (Phi) is 4.05. The molecule has 78 valence electrons. The topological polar surface area (TPSA) is 34.1 Å². The van der Waals surface area contributed by atoms with Crippen LogP contribution in [0.3, 0.4) is 0 Å². The first-order valence-corrected chi connectivity index (χ1v) is 7.29. The highest BCUT2D eigenvalue weighted by molar-refractivity contribution is 7.90. The Bertz CT molecular complexity index is 248. The number of rotatable bonds is 4. The van der Waals surface area contributed by atoms with E-state index in [4.69, 9.17) is 11.6 Å². The van der Waals surface area contributed by atoms with Gasteiger partial charge in [-0.2, -0.15) is 0 Å². The Labute approximate surface area is 85.6 Å². The highest BCUT2D eigenvalue weighted by Gasteiger charge is 2.22. The number of sulfone groups is 1. The fourth-order valence-electron chi connectivity index (χ4n) is 1.91. The van der Waals surface area contributed by atoms with Crippen LogP contribution in [0.25, 0.3) is 0 Å². The summed E-state index contributed by atoms with van der Waals surface area (Å²) in [5.41, 5.74) is 0. The van der Waals surface area contributed by atoms with Crippen molar-refractivity contribution in [1.82, 2.24) is 0 Å². The number of hydrogen-bond acceptors (Lipinski definition) is 2. The maximum Gasteiger partial charge on any atom is 0.147 e. The average Bonchev–Trinajstić information content (AvgIpc) is 2.33. The molecule has 1 aliphatic carbocycles. The van der Waals surface area contributed by atoms with Crippen LogP contribution >= 0.6 is 11.6 Å². The number of hydrogen-bond donors (Lipinski definition) is 0. The zero-order chi connectivity index (χ0) is 9.90. The molecule has 0 aromatic rings. The second kappa shape index (κ2) is 4.65. The van der Waals surface area contributed by atoms with Gasteiger partial charge >= 0.3 is 0 Å². The van der Waals surface area contributed by atoms with E-state index in [1.807, 2.05) is 0 Å². The van der Waals surface area contributed by atoms with Crippen molar-refractivity contribution >= 4 is 21.4 Å². The predicted octanol–water partition coefficient (Wildman–Crippen LogP) is 2.22. The predicted molar refractivity (Wildman–Crippen MR) is 55.9 cm³/mol. The van der Waals surface area contributed by atoms with Crippen LogP contribution in [-0.2, 0) is 9.84 Å². The van der Waals surface area contributed by atoms with Gasteiger partial charge in [-0.15, -0.1) is 11.6 Å². The molecule has 1 saturated carbocycles. The van der Waals surface area contributed by atoms with Crippen LogP contribution in [0.15, 0.2) is 0 Å². The SMILES string of the molecule is CS(=O)(=O)CCCC1CCC(Cl)C1. The summed E-state index contributed by atoms with van der Waals surface area (Å²) in [6, 6.07) is 0. The second-order valence-electron chi connectivity index (χ2n) is 4.05. The smallest absolute Gasteiger partial charge is 0.147 e. The van der Waals surface area contributed by atoms with Gasteiger partial charge in [-0.25, -0.2) is 8.42 Å². The maximum atomic E-state index is 10.8. The third-order valence-corrected chi connectivity index (χ3v) is 4.03. The van der Waals surface area contributed by atoms with E-state index in [0.717, 1.165) is 25.7 Å². The Morgan fingerprint density at radius 3 is 2.54 bits per heavy atom. The fourth-order valence-corrected chi connectivity index (χ4v) is 2.98. The van der Waals surface area contributed by atoms with Crippen LogP contribution < -0.4 is 0 Å². The highest BCUT2D eigenvalue weighted by atomic mass is 35.5. The first-order valence-electron chi connectivity index (χ1n) is 4.79. The molecule has 1 aliphatic rings. The molecule has 0 heterocycles. The molecule has 0 bridgehead atoms.